The quantitative estimate of drug-likeness (QED) is 0.779. The molecule has 0 aromatic heterocycles. The maximum atomic E-state index is 12.1. The van der Waals surface area contributed by atoms with E-state index in [4.69, 9.17) is 4.74 Å². The van der Waals surface area contributed by atoms with E-state index in [0.29, 0.717) is 0 Å². The predicted molar refractivity (Wildman–Crippen MR) is 78.1 cm³/mol. The number of hydrogen-bond acceptors (Lipinski definition) is 2. The molecule has 3 rings (SSSR count). The zero-order chi connectivity index (χ0) is 13.8. The first-order valence-corrected chi connectivity index (χ1v) is 6.84. The summed E-state index contributed by atoms with van der Waals surface area (Å²) >= 11 is 0. The molecule has 0 aliphatic heterocycles. The summed E-state index contributed by atoms with van der Waals surface area (Å²) in [7, 11) is 0. The van der Waals surface area contributed by atoms with Gasteiger partial charge in [-0.1, -0.05) is 66.7 Å². The summed E-state index contributed by atoms with van der Waals surface area (Å²) in [5.41, 5.74) is 2.78. The highest BCUT2D eigenvalue weighted by atomic mass is 16.5. The molecule has 0 heterocycles. The lowest BCUT2D eigenvalue weighted by Gasteiger charge is -2.21. The van der Waals surface area contributed by atoms with Crippen LogP contribution in [0.3, 0.4) is 0 Å². The Morgan fingerprint density at radius 2 is 1.40 bits per heavy atom. The molecule has 2 nitrogen and oxygen atoms in total. The van der Waals surface area contributed by atoms with Crippen molar-refractivity contribution in [1.82, 2.24) is 0 Å². The number of carbonyl (C=O) groups is 1. The van der Waals surface area contributed by atoms with Crippen LogP contribution in [0, 0.1) is 0 Å². The molecular weight excluding hydrogens is 248 g/mol. The molecule has 0 radical (unpaired) electrons. The standard InChI is InChI=1S/C18H16O2/c19-18(16-12-7-13-16)20-17(14-8-3-1-4-9-14)15-10-5-2-6-11-15/h1-6,8-12,17H,7,13H2. The molecule has 2 heteroatoms. The van der Waals surface area contributed by atoms with Gasteiger partial charge in [0, 0.05) is 5.57 Å². The fourth-order valence-electron chi connectivity index (χ4n) is 2.24. The Labute approximate surface area is 118 Å². The molecule has 20 heavy (non-hydrogen) atoms. The number of allylic oxidation sites excluding steroid dienone is 1. The average molecular weight is 264 g/mol. The molecule has 1 aliphatic carbocycles. The maximum Gasteiger partial charge on any atom is 0.334 e. The molecule has 1 aliphatic rings. The summed E-state index contributed by atoms with van der Waals surface area (Å²) in [5, 5.41) is 0. The van der Waals surface area contributed by atoms with E-state index in [1.54, 1.807) is 0 Å². The van der Waals surface area contributed by atoms with Crippen molar-refractivity contribution in [3.63, 3.8) is 0 Å². The van der Waals surface area contributed by atoms with Gasteiger partial charge >= 0.3 is 5.97 Å². The fraction of sp³-hybridized carbons (Fsp3) is 0.167. The summed E-state index contributed by atoms with van der Waals surface area (Å²) in [6.45, 7) is 0. The molecule has 0 saturated carbocycles. The monoisotopic (exact) mass is 264 g/mol. The van der Waals surface area contributed by atoms with E-state index in [9.17, 15) is 4.79 Å². The zero-order valence-electron chi connectivity index (χ0n) is 11.2. The fourth-order valence-corrected chi connectivity index (χ4v) is 2.24. The second kappa shape index (κ2) is 5.74. The minimum atomic E-state index is -0.341. The normalized spacial score (nSPS) is 13.6. The topological polar surface area (TPSA) is 26.3 Å². The Kier molecular flexibility index (Phi) is 3.64. The Bertz CT molecular complexity index is 575. The van der Waals surface area contributed by atoms with Gasteiger partial charge in [0.1, 0.15) is 0 Å². The molecule has 0 saturated heterocycles. The van der Waals surface area contributed by atoms with Crippen LogP contribution in [0.5, 0.6) is 0 Å². The van der Waals surface area contributed by atoms with Crippen LogP contribution in [0.1, 0.15) is 30.1 Å². The second-order valence-electron chi connectivity index (χ2n) is 4.87. The lowest BCUT2D eigenvalue weighted by molar-refractivity contribution is -0.143. The summed E-state index contributed by atoms with van der Waals surface area (Å²) in [4.78, 5) is 12.1. The Hall–Kier alpha value is -2.35. The highest BCUT2D eigenvalue weighted by molar-refractivity contribution is 5.90. The third-order valence-electron chi connectivity index (χ3n) is 3.50. The van der Waals surface area contributed by atoms with E-state index < -0.39 is 0 Å². The van der Waals surface area contributed by atoms with Crippen LogP contribution in [0.4, 0.5) is 0 Å². The first-order chi connectivity index (χ1) is 9.84. The third kappa shape index (κ3) is 2.64. The molecule has 100 valence electrons. The molecule has 0 fully saturated rings. The van der Waals surface area contributed by atoms with Gasteiger partial charge in [-0.2, -0.15) is 0 Å². The van der Waals surface area contributed by atoms with E-state index in [1.165, 1.54) is 0 Å². The van der Waals surface area contributed by atoms with Crippen molar-refractivity contribution in [2.45, 2.75) is 18.9 Å². The highest BCUT2D eigenvalue weighted by Gasteiger charge is 2.23. The lowest BCUT2D eigenvalue weighted by Crippen LogP contribution is -2.17. The van der Waals surface area contributed by atoms with E-state index in [-0.39, 0.29) is 12.1 Å². The molecule has 0 spiro atoms. The third-order valence-corrected chi connectivity index (χ3v) is 3.50. The van der Waals surface area contributed by atoms with E-state index >= 15 is 0 Å². The van der Waals surface area contributed by atoms with Crippen LogP contribution in [0.2, 0.25) is 0 Å². The number of esters is 1. The van der Waals surface area contributed by atoms with Crippen LogP contribution in [0.15, 0.2) is 72.3 Å². The van der Waals surface area contributed by atoms with Crippen molar-refractivity contribution in [1.29, 1.82) is 0 Å². The first-order valence-electron chi connectivity index (χ1n) is 6.84. The Balaban J connectivity index is 1.89. The Morgan fingerprint density at radius 1 is 0.900 bits per heavy atom. The van der Waals surface area contributed by atoms with Gasteiger partial charge in [0.05, 0.1) is 0 Å². The van der Waals surface area contributed by atoms with Crippen LogP contribution in [0.25, 0.3) is 0 Å². The molecule has 2 aromatic carbocycles. The van der Waals surface area contributed by atoms with Crippen molar-refractivity contribution >= 4 is 5.97 Å². The summed E-state index contributed by atoms with van der Waals surface area (Å²) < 4.78 is 5.72. The largest absolute Gasteiger partial charge is 0.449 e. The van der Waals surface area contributed by atoms with E-state index in [1.807, 2.05) is 66.7 Å². The first kappa shape index (κ1) is 12.7. The highest BCUT2D eigenvalue weighted by Crippen LogP contribution is 2.29. The number of benzene rings is 2. The second-order valence-corrected chi connectivity index (χ2v) is 4.87. The van der Waals surface area contributed by atoms with Crippen LogP contribution in [-0.4, -0.2) is 5.97 Å². The maximum absolute atomic E-state index is 12.1. The molecule has 2 aromatic rings. The molecular formula is C18H16O2. The van der Waals surface area contributed by atoms with Crippen LogP contribution in [-0.2, 0) is 9.53 Å². The number of ether oxygens (including phenoxy) is 1. The van der Waals surface area contributed by atoms with E-state index in [0.717, 1.165) is 29.5 Å². The summed E-state index contributed by atoms with van der Waals surface area (Å²) in [6, 6.07) is 19.7. The minimum Gasteiger partial charge on any atom is -0.449 e. The zero-order valence-corrected chi connectivity index (χ0v) is 11.2. The van der Waals surface area contributed by atoms with Gasteiger partial charge in [-0.15, -0.1) is 0 Å². The SMILES string of the molecule is O=C(OC(c1ccccc1)c1ccccc1)C1=CCC1. The molecule has 0 amide bonds. The number of carbonyl (C=O) groups excluding carboxylic acids is 1. The smallest absolute Gasteiger partial charge is 0.334 e. The van der Waals surface area contributed by atoms with Crippen LogP contribution < -0.4 is 0 Å². The van der Waals surface area contributed by atoms with Gasteiger partial charge in [0.15, 0.2) is 6.10 Å². The van der Waals surface area contributed by atoms with Gasteiger partial charge in [0.2, 0.25) is 0 Å². The molecule has 0 atom stereocenters. The van der Waals surface area contributed by atoms with Gasteiger partial charge in [-0.05, 0) is 24.0 Å². The predicted octanol–water partition coefficient (Wildman–Crippen LogP) is 4.04. The van der Waals surface area contributed by atoms with Crippen molar-refractivity contribution in [3.05, 3.63) is 83.4 Å². The van der Waals surface area contributed by atoms with Gasteiger partial charge in [-0.25, -0.2) is 4.79 Å². The Morgan fingerprint density at radius 3 is 1.80 bits per heavy atom. The average Bonchev–Trinajstić information content (AvgIpc) is 2.45. The summed E-state index contributed by atoms with van der Waals surface area (Å²) in [5.74, 6) is -0.200. The van der Waals surface area contributed by atoms with Crippen molar-refractivity contribution in [2.24, 2.45) is 0 Å². The molecule has 0 bridgehead atoms. The number of hydrogen-bond donors (Lipinski definition) is 0. The van der Waals surface area contributed by atoms with Crippen molar-refractivity contribution < 1.29 is 9.53 Å². The van der Waals surface area contributed by atoms with Gasteiger partial charge in [0.25, 0.3) is 0 Å². The van der Waals surface area contributed by atoms with E-state index in [2.05, 4.69) is 0 Å². The molecule has 0 N–H and O–H groups in total. The minimum absolute atomic E-state index is 0.200. The van der Waals surface area contributed by atoms with Crippen molar-refractivity contribution in [3.8, 4) is 0 Å². The summed E-state index contributed by atoms with van der Waals surface area (Å²) in [6.07, 6.45) is 3.41. The lowest BCUT2D eigenvalue weighted by atomic mass is 9.98. The van der Waals surface area contributed by atoms with Crippen molar-refractivity contribution in [2.75, 3.05) is 0 Å². The van der Waals surface area contributed by atoms with Gasteiger partial charge < -0.3 is 4.74 Å². The molecule has 0 unspecified atom stereocenters. The van der Waals surface area contributed by atoms with Gasteiger partial charge in [-0.3, -0.25) is 0 Å². The number of rotatable bonds is 4. The van der Waals surface area contributed by atoms with Crippen LogP contribution >= 0.6 is 0 Å².